The molecule has 0 aliphatic rings. The van der Waals surface area contributed by atoms with Crippen molar-refractivity contribution in [3.8, 4) is 0 Å². The first-order chi connectivity index (χ1) is 9.65. The van der Waals surface area contributed by atoms with Gasteiger partial charge in [-0.15, -0.1) is 10.2 Å². The summed E-state index contributed by atoms with van der Waals surface area (Å²) in [6, 6.07) is 7.44. The molecule has 0 saturated carbocycles. The number of aryl methyl sites for hydroxylation is 2. The van der Waals surface area contributed by atoms with Gasteiger partial charge < -0.3 is 13.6 Å². The molecule has 0 unspecified atom stereocenters. The van der Waals surface area contributed by atoms with Gasteiger partial charge in [-0.2, -0.15) is 0 Å². The van der Waals surface area contributed by atoms with Gasteiger partial charge in [-0.25, -0.2) is 4.79 Å². The third-order valence-electron chi connectivity index (χ3n) is 2.92. The molecule has 20 heavy (non-hydrogen) atoms. The summed E-state index contributed by atoms with van der Waals surface area (Å²) in [5.74, 6) is 0.331. The number of aromatic nitrogens is 2. The third kappa shape index (κ3) is 2.16. The SMILES string of the molecule is Cc1nnc(COC(=O)c2oc3ccccc3c2C)o1. The largest absolute Gasteiger partial charge is 0.450 e. The van der Waals surface area contributed by atoms with E-state index < -0.39 is 5.97 Å². The molecule has 2 heterocycles. The maximum Gasteiger partial charge on any atom is 0.375 e. The Hall–Kier alpha value is -2.63. The van der Waals surface area contributed by atoms with Crippen LogP contribution in [0.1, 0.15) is 27.9 Å². The number of fused-ring (bicyclic) bond motifs is 1. The minimum Gasteiger partial charge on any atom is -0.450 e. The Labute approximate surface area is 114 Å². The van der Waals surface area contributed by atoms with Crippen molar-refractivity contribution in [3.63, 3.8) is 0 Å². The Morgan fingerprint density at radius 1 is 1.20 bits per heavy atom. The minimum absolute atomic E-state index is 0.0733. The molecule has 3 rings (SSSR count). The highest BCUT2D eigenvalue weighted by atomic mass is 16.6. The molecule has 6 nitrogen and oxygen atoms in total. The van der Waals surface area contributed by atoms with E-state index in [4.69, 9.17) is 13.6 Å². The van der Waals surface area contributed by atoms with Crippen LogP contribution in [0.4, 0.5) is 0 Å². The van der Waals surface area contributed by atoms with Crippen LogP contribution >= 0.6 is 0 Å². The van der Waals surface area contributed by atoms with Gasteiger partial charge in [0.25, 0.3) is 5.89 Å². The standard InChI is InChI=1S/C14H12N2O4/c1-8-10-5-3-4-6-11(10)20-13(8)14(17)18-7-12-16-15-9(2)19-12/h3-6H,7H2,1-2H3. The van der Waals surface area contributed by atoms with Gasteiger partial charge in [0.15, 0.2) is 6.61 Å². The summed E-state index contributed by atoms with van der Waals surface area (Å²) in [7, 11) is 0. The zero-order valence-corrected chi connectivity index (χ0v) is 11.0. The lowest BCUT2D eigenvalue weighted by Crippen LogP contribution is -2.05. The van der Waals surface area contributed by atoms with Crippen molar-refractivity contribution in [2.45, 2.75) is 20.5 Å². The number of hydrogen-bond acceptors (Lipinski definition) is 6. The van der Waals surface area contributed by atoms with E-state index in [9.17, 15) is 4.79 Å². The maximum absolute atomic E-state index is 12.0. The van der Waals surface area contributed by atoms with E-state index in [1.807, 2.05) is 25.1 Å². The summed E-state index contributed by atoms with van der Waals surface area (Å²) in [4.78, 5) is 12.0. The molecular formula is C14H12N2O4. The zero-order valence-electron chi connectivity index (χ0n) is 11.0. The van der Waals surface area contributed by atoms with Gasteiger partial charge >= 0.3 is 5.97 Å². The van der Waals surface area contributed by atoms with E-state index in [2.05, 4.69) is 10.2 Å². The van der Waals surface area contributed by atoms with Crippen LogP contribution in [0.5, 0.6) is 0 Å². The lowest BCUT2D eigenvalue weighted by Gasteiger charge is -1.99. The van der Waals surface area contributed by atoms with Gasteiger partial charge in [0.05, 0.1) is 0 Å². The van der Waals surface area contributed by atoms with Gasteiger partial charge in [-0.05, 0) is 13.0 Å². The highest BCUT2D eigenvalue weighted by molar-refractivity contribution is 5.95. The average Bonchev–Trinajstić information content (AvgIpc) is 3.01. The number of esters is 1. The zero-order chi connectivity index (χ0) is 14.1. The van der Waals surface area contributed by atoms with E-state index in [0.717, 1.165) is 10.9 Å². The number of carbonyl (C=O) groups is 1. The fourth-order valence-corrected chi connectivity index (χ4v) is 1.96. The van der Waals surface area contributed by atoms with E-state index in [1.165, 1.54) is 0 Å². The number of para-hydroxylation sites is 1. The second-order valence-corrected chi connectivity index (χ2v) is 4.34. The Kier molecular flexibility index (Phi) is 2.98. The van der Waals surface area contributed by atoms with Crippen molar-refractivity contribution in [1.82, 2.24) is 10.2 Å². The molecule has 0 N–H and O–H groups in total. The predicted molar refractivity (Wildman–Crippen MR) is 69.1 cm³/mol. The highest BCUT2D eigenvalue weighted by Crippen LogP contribution is 2.25. The van der Waals surface area contributed by atoms with Crippen LogP contribution in [0, 0.1) is 13.8 Å². The smallest absolute Gasteiger partial charge is 0.375 e. The summed E-state index contributed by atoms with van der Waals surface area (Å²) in [6.45, 7) is 3.41. The summed E-state index contributed by atoms with van der Waals surface area (Å²) in [5.41, 5.74) is 1.41. The van der Waals surface area contributed by atoms with Crippen molar-refractivity contribution in [2.24, 2.45) is 0 Å². The monoisotopic (exact) mass is 272 g/mol. The topological polar surface area (TPSA) is 78.4 Å². The van der Waals surface area contributed by atoms with Crippen molar-refractivity contribution in [1.29, 1.82) is 0 Å². The molecular weight excluding hydrogens is 260 g/mol. The number of ether oxygens (including phenoxy) is 1. The number of carbonyl (C=O) groups excluding carboxylic acids is 1. The lowest BCUT2D eigenvalue weighted by atomic mass is 10.1. The summed E-state index contributed by atoms with van der Waals surface area (Å²) >= 11 is 0. The van der Waals surface area contributed by atoms with Crippen molar-refractivity contribution in [3.05, 3.63) is 47.4 Å². The van der Waals surface area contributed by atoms with Crippen LogP contribution < -0.4 is 0 Å². The fraction of sp³-hybridized carbons (Fsp3) is 0.214. The summed E-state index contributed by atoms with van der Waals surface area (Å²) < 4.78 is 15.8. The molecule has 0 saturated heterocycles. The molecule has 0 aliphatic carbocycles. The number of furan rings is 1. The maximum atomic E-state index is 12.0. The van der Waals surface area contributed by atoms with Crippen molar-refractivity contribution < 1.29 is 18.4 Å². The van der Waals surface area contributed by atoms with Gasteiger partial charge in [-0.3, -0.25) is 0 Å². The van der Waals surface area contributed by atoms with Crippen LogP contribution in [-0.4, -0.2) is 16.2 Å². The molecule has 0 bridgehead atoms. The summed E-state index contributed by atoms with van der Waals surface area (Å²) in [5, 5.41) is 8.31. The Balaban J connectivity index is 1.80. The highest BCUT2D eigenvalue weighted by Gasteiger charge is 2.19. The Morgan fingerprint density at radius 2 is 2.00 bits per heavy atom. The van der Waals surface area contributed by atoms with E-state index >= 15 is 0 Å². The molecule has 1 aromatic carbocycles. The molecule has 2 aromatic heterocycles. The number of rotatable bonds is 3. The quantitative estimate of drug-likeness (QED) is 0.682. The molecule has 0 aliphatic heterocycles. The molecule has 0 fully saturated rings. The van der Waals surface area contributed by atoms with Crippen LogP contribution in [-0.2, 0) is 11.3 Å². The molecule has 0 spiro atoms. The van der Waals surface area contributed by atoms with Crippen molar-refractivity contribution >= 4 is 16.9 Å². The third-order valence-corrected chi connectivity index (χ3v) is 2.92. The Morgan fingerprint density at radius 3 is 2.70 bits per heavy atom. The average molecular weight is 272 g/mol. The van der Waals surface area contributed by atoms with Crippen LogP contribution in [0.3, 0.4) is 0 Å². The fourth-order valence-electron chi connectivity index (χ4n) is 1.96. The van der Waals surface area contributed by atoms with Gasteiger partial charge in [0.2, 0.25) is 11.7 Å². The second kappa shape index (κ2) is 4.80. The number of nitrogens with zero attached hydrogens (tertiary/aromatic N) is 2. The van der Waals surface area contributed by atoms with Gasteiger partial charge in [-0.1, -0.05) is 18.2 Å². The second-order valence-electron chi connectivity index (χ2n) is 4.34. The van der Waals surface area contributed by atoms with Crippen LogP contribution in [0.25, 0.3) is 11.0 Å². The van der Waals surface area contributed by atoms with E-state index in [-0.39, 0.29) is 18.3 Å². The number of benzene rings is 1. The van der Waals surface area contributed by atoms with Gasteiger partial charge in [0.1, 0.15) is 5.58 Å². The first kappa shape index (κ1) is 12.4. The van der Waals surface area contributed by atoms with Crippen LogP contribution in [0.2, 0.25) is 0 Å². The van der Waals surface area contributed by atoms with Crippen LogP contribution in [0.15, 0.2) is 33.1 Å². The predicted octanol–water partition coefficient (Wildman–Crippen LogP) is 2.79. The number of hydrogen-bond donors (Lipinski definition) is 0. The first-order valence-electron chi connectivity index (χ1n) is 6.09. The molecule has 3 aromatic rings. The molecule has 102 valence electrons. The Bertz CT molecular complexity index is 772. The van der Waals surface area contributed by atoms with Gasteiger partial charge in [0, 0.05) is 17.9 Å². The first-order valence-corrected chi connectivity index (χ1v) is 6.09. The lowest BCUT2D eigenvalue weighted by molar-refractivity contribution is 0.0402. The molecule has 6 heteroatoms. The molecule has 0 radical (unpaired) electrons. The molecule has 0 amide bonds. The normalized spacial score (nSPS) is 10.9. The summed E-state index contributed by atoms with van der Waals surface area (Å²) in [6.07, 6.45) is 0. The van der Waals surface area contributed by atoms with E-state index in [0.29, 0.717) is 11.5 Å². The minimum atomic E-state index is -0.547. The van der Waals surface area contributed by atoms with Crippen molar-refractivity contribution in [2.75, 3.05) is 0 Å². The molecule has 0 atom stereocenters. The van der Waals surface area contributed by atoms with E-state index in [1.54, 1.807) is 13.0 Å².